The lowest BCUT2D eigenvalue weighted by molar-refractivity contribution is 0.0823. The summed E-state index contributed by atoms with van der Waals surface area (Å²) < 4.78 is 0. The molecule has 15 heavy (non-hydrogen) atoms. The molecule has 0 spiro atoms. The minimum Gasteiger partial charge on any atom is -0.344 e. The molecule has 2 aromatic rings. The number of carbonyl (C=O) groups excluding carboxylic acids is 1. The van der Waals surface area contributed by atoms with Crippen LogP contribution >= 0.6 is 0 Å². The number of nitrogens with zero attached hydrogens (tertiary/aromatic N) is 3. The molecule has 0 aromatic carbocycles. The van der Waals surface area contributed by atoms with Crippen molar-refractivity contribution in [3.8, 4) is 0 Å². The number of fused-ring (bicyclic) bond motifs is 1. The van der Waals surface area contributed by atoms with Crippen molar-refractivity contribution in [2.45, 2.75) is 6.92 Å². The van der Waals surface area contributed by atoms with Crippen LogP contribution in [-0.2, 0) is 0 Å². The van der Waals surface area contributed by atoms with E-state index in [0.29, 0.717) is 17.2 Å². The Labute approximate surface area is 87.1 Å². The topological polar surface area (TPSA) is 61.9 Å². The molecule has 1 N–H and O–H groups in total. The van der Waals surface area contributed by atoms with E-state index in [1.54, 1.807) is 26.4 Å². The molecule has 2 aromatic heterocycles. The number of amides is 1. The van der Waals surface area contributed by atoms with Crippen LogP contribution in [-0.4, -0.2) is 39.9 Å². The van der Waals surface area contributed by atoms with Gasteiger partial charge in [0.2, 0.25) is 0 Å². The number of rotatable bonds is 1. The van der Waals surface area contributed by atoms with Gasteiger partial charge in [0.25, 0.3) is 5.91 Å². The van der Waals surface area contributed by atoms with Crippen molar-refractivity contribution in [1.82, 2.24) is 19.9 Å². The molecule has 0 fully saturated rings. The molecule has 0 radical (unpaired) electrons. The van der Waals surface area contributed by atoms with Crippen molar-refractivity contribution in [3.05, 3.63) is 23.8 Å². The van der Waals surface area contributed by atoms with Gasteiger partial charge in [0.1, 0.15) is 17.2 Å². The Kier molecular flexibility index (Phi) is 2.15. The van der Waals surface area contributed by atoms with Crippen molar-refractivity contribution in [3.63, 3.8) is 0 Å². The first-order valence-corrected chi connectivity index (χ1v) is 4.62. The molecule has 78 valence electrons. The molecular formula is C10H12N4O. The van der Waals surface area contributed by atoms with E-state index in [-0.39, 0.29) is 5.91 Å². The van der Waals surface area contributed by atoms with Crippen molar-refractivity contribution in [1.29, 1.82) is 0 Å². The average molecular weight is 204 g/mol. The van der Waals surface area contributed by atoms with Crippen LogP contribution in [0.5, 0.6) is 0 Å². The van der Waals surface area contributed by atoms with Crippen molar-refractivity contribution < 1.29 is 4.79 Å². The van der Waals surface area contributed by atoms with E-state index in [4.69, 9.17) is 0 Å². The van der Waals surface area contributed by atoms with E-state index in [0.717, 1.165) is 5.39 Å². The number of nitrogens with one attached hydrogen (secondary N) is 1. The Bertz CT molecular complexity index is 515. The first-order chi connectivity index (χ1) is 7.08. The number of carbonyl (C=O) groups is 1. The number of H-pyrrole nitrogens is 1. The lowest BCUT2D eigenvalue weighted by atomic mass is 10.3. The predicted molar refractivity (Wildman–Crippen MR) is 56.6 cm³/mol. The highest BCUT2D eigenvalue weighted by Crippen LogP contribution is 2.12. The van der Waals surface area contributed by atoms with Crippen LogP contribution in [0.4, 0.5) is 0 Å². The Hall–Kier alpha value is -1.91. The van der Waals surface area contributed by atoms with Crippen LogP contribution in [0.2, 0.25) is 0 Å². The third-order valence-electron chi connectivity index (χ3n) is 2.13. The fourth-order valence-corrected chi connectivity index (χ4v) is 1.36. The van der Waals surface area contributed by atoms with Gasteiger partial charge < -0.3 is 9.88 Å². The number of hydrogen-bond donors (Lipinski definition) is 1. The monoisotopic (exact) mass is 204 g/mol. The fraction of sp³-hybridized carbons (Fsp3) is 0.300. The summed E-state index contributed by atoms with van der Waals surface area (Å²) in [5, 5.41) is 0.853. The van der Waals surface area contributed by atoms with E-state index in [2.05, 4.69) is 15.0 Å². The Balaban J connectivity index is 2.52. The van der Waals surface area contributed by atoms with Crippen molar-refractivity contribution >= 4 is 16.9 Å². The molecule has 5 nitrogen and oxygen atoms in total. The summed E-state index contributed by atoms with van der Waals surface area (Å²) in [7, 11) is 3.43. The zero-order valence-electron chi connectivity index (χ0n) is 8.90. The van der Waals surface area contributed by atoms with Crippen molar-refractivity contribution in [2.75, 3.05) is 14.1 Å². The summed E-state index contributed by atoms with van der Waals surface area (Å²) >= 11 is 0. The van der Waals surface area contributed by atoms with E-state index in [1.807, 2.05) is 6.92 Å². The summed E-state index contributed by atoms with van der Waals surface area (Å²) in [4.78, 5) is 24.4. The molecule has 0 bridgehead atoms. The van der Waals surface area contributed by atoms with E-state index in [1.165, 1.54) is 4.90 Å². The Morgan fingerprint density at radius 3 is 2.87 bits per heavy atom. The molecule has 0 aliphatic heterocycles. The van der Waals surface area contributed by atoms with E-state index < -0.39 is 0 Å². The molecule has 1 amide bonds. The van der Waals surface area contributed by atoms with Gasteiger partial charge in [-0.05, 0) is 13.0 Å². The number of aryl methyl sites for hydroxylation is 1. The van der Waals surface area contributed by atoms with Gasteiger partial charge in [0.15, 0.2) is 0 Å². The zero-order chi connectivity index (χ0) is 11.0. The smallest absolute Gasteiger partial charge is 0.269 e. The maximum Gasteiger partial charge on any atom is 0.269 e. The highest BCUT2D eigenvalue weighted by atomic mass is 16.2. The Morgan fingerprint density at radius 1 is 1.47 bits per heavy atom. The Morgan fingerprint density at radius 2 is 2.20 bits per heavy atom. The van der Waals surface area contributed by atoms with Crippen LogP contribution < -0.4 is 0 Å². The van der Waals surface area contributed by atoms with Gasteiger partial charge in [0.05, 0.1) is 0 Å². The average Bonchev–Trinajstić information content (AvgIpc) is 2.58. The highest BCUT2D eigenvalue weighted by Gasteiger charge is 2.11. The molecule has 0 saturated heterocycles. The SMILES string of the molecule is Cc1ncc2cc(C(=O)N(C)C)[nH]c2n1. The molecule has 2 rings (SSSR count). The molecular weight excluding hydrogens is 192 g/mol. The molecule has 0 aliphatic carbocycles. The van der Waals surface area contributed by atoms with Gasteiger partial charge in [-0.15, -0.1) is 0 Å². The van der Waals surface area contributed by atoms with Gasteiger partial charge in [-0.2, -0.15) is 0 Å². The number of hydrogen-bond acceptors (Lipinski definition) is 3. The second-order valence-electron chi connectivity index (χ2n) is 3.60. The van der Waals surface area contributed by atoms with Crippen LogP contribution in [0.15, 0.2) is 12.3 Å². The third kappa shape index (κ3) is 1.68. The predicted octanol–water partition coefficient (Wildman–Crippen LogP) is 0.968. The normalized spacial score (nSPS) is 10.6. The second kappa shape index (κ2) is 3.34. The van der Waals surface area contributed by atoms with E-state index in [9.17, 15) is 4.79 Å². The van der Waals surface area contributed by atoms with Gasteiger partial charge >= 0.3 is 0 Å². The van der Waals surface area contributed by atoms with Crippen LogP contribution in [0, 0.1) is 6.92 Å². The first-order valence-electron chi connectivity index (χ1n) is 4.62. The number of aromatic nitrogens is 3. The largest absolute Gasteiger partial charge is 0.344 e. The summed E-state index contributed by atoms with van der Waals surface area (Å²) in [5.74, 6) is 0.624. The lowest BCUT2D eigenvalue weighted by Gasteiger charge is -2.07. The summed E-state index contributed by atoms with van der Waals surface area (Å²) in [6.45, 7) is 1.81. The van der Waals surface area contributed by atoms with Crippen LogP contribution in [0.3, 0.4) is 0 Å². The number of aromatic amines is 1. The van der Waals surface area contributed by atoms with Crippen LogP contribution in [0.25, 0.3) is 11.0 Å². The lowest BCUT2D eigenvalue weighted by Crippen LogP contribution is -2.21. The molecule has 5 heteroatoms. The minimum atomic E-state index is -0.0642. The second-order valence-corrected chi connectivity index (χ2v) is 3.60. The minimum absolute atomic E-state index is 0.0642. The molecule has 0 atom stereocenters. The van der Waals surface area contributed by atoms with Gasteiger partial charge in [-0.1, -0.05) is 0 Å². The fourth-order valence-electron chi connectivity index (χ4n) is 1.36. The van der Waals surface area contributed by atoms with Gasteiger partial charge in [-0.3, -0.25) is 4.79 Å². The zero-order valence-corrected chi connectivity index (χ0v) is 8.90. The van der Waals surface area contributed by atoms with Gasteiger partial charge in [-0.25, -0.2) is 9.97 Å². The third-order valence-corrected chi connectivity index (χ3v) is 2.13. The van der Waals surface area contributed by atoms with Crippen LogP contribution in [0.1, 0.15) is 16.3 Å². The maximum absolute atomic E-state index is 11.6. The molecule has 0 unspecified atom stereocenters. The maximum atomic E-state index is 11.6. The van der Waals surface area contributed by atoms with E-state index >= 15 is 0 Å². The molecule has 0 aliphatic rings. The van der Waals surface area contributed by atoms with Crippen molar-refractivity contribution in [2.24, 2.45) is 0 Å². The highest BCUT2D eigenvalue weighted by molar-refractivity contribution is 5.96. The summed E-state index contributed by atoms with van der Waals surface area (Å²) in [6.07, 6.45) is 1.71. The molecule has 0 saturated carbocycles. The summed E-state index contributed by atoms with van der Waals surface area (Å²) in [5.41, 5.74) is 1.24. The molecule has 2 heterocycles. The van der Waals surface area contributed by atoms with Gasteiger partial charge in [0, 0.05) is 25.7 Å². The standard InChI is InChI=1S/C10H12N4O/c1-6-11-5-7-4-8(10(15)14(2)3)13-9(7)12-6/h4-5H,1-3H3,(H,11,12,13). The quantitative estimate of drug-likeness (QED) is 0.752. The first kappa shape index (κ1) is 9.64. The summed E-state index contributed by atoms with van der Waals surface area (Å²) in [6, 6.07) is 1.76.